The van der Waals surface area contributed by atoms with Crippen LogP contribution in [0.2, 0.25) is 5.02 Å². The van der Waals surface area contributed by atoms with E-state index in [9.17, 15) is 15.2 Å². The summed E-state index contributed by atoms with van der Waals surface area (Å²) in [5.41, 5.74) is 0.657. The molecule has 0 radical (unpaired) electrons. The third kappa shape index (κ3) is 3.48. The highest BCUT2D eigenvalue weighted by Gasteiger charge is 2.25. The van der Waals surface area contributed by atoms with Crippen molar-refractivity contribution in [1.82, 2.24) is 4.90 Å². The van der Waals surface area contributed by atoms with Crippen LogP contribution in [0, 0.1) is 16.0 Å². The number of piperidine rings is 1. The highest BCUT2D eigenvalue weighted by atomic mass is 35.5. The van der Waals surface area contributed by atoms with Gasteiger partial charge in [-0.1, -0.05) is 17.7 Å². The van der Waals surface area contributed by atoms with E-state index in [4.69, 9.17) is 11.6 Å². The number of aliphatic hydroxyl groups is 1. The average Bonchev–Trinajstić information content (AvgIpc) is 2.41. The summed E-state index contributed by atoms with van der Waals surface area (Å²) < 4.78 is 0. The quantitative estimate of drug-likeness (QED) is 0.685. The Bertz CT molecular complexity index is 485. The summed E-state index contributed by atoms with van der Waals surface area (Å²) in [6, 6.07) is 4.78. The second kappa shape index (κ2) is 6.52. The third-order valence-electron chi connectivity index (χ3n) is 3.99. The maximum atomic E-state index is 11.1. The van der Waals surface area contributed by atoms with Gasteiger partial charge in [-0.2, -0.15) is 0 Å². The molecule has 2 rings (SSSR count). The van der Waals surface area contributed by atoms with Crippen molar-refractivity contribution in [3.8, 4) is 0 Å². The Morgan fingerprint density at radius 2 is 2.15 bits per heavy atom. The minimum atomic E-state index is -0.385. The van der Waals surface area contributed by atoms with Gasteiger partial charge in [0.1, 0.15) is 0 Å². The zero-order chi connectivity index (χ0) is 14.7. The van der Waals surface area contributed by atoms with Crippen molar-refractivity contribution < 1.29 is 10.0 Å². The first-order chi connectivity index (χ1) is 9.49. The largest absolute Gasteiger partial charge is 0.393 e. The van der Waals surface area contributed by atoms with E-state index in [1.807, 2.05) is 6.92 Å². The maximum Gasteiger partial charge on any atom is 0.275 e. The number of likely N-dealkylation sites (tertiary alicyclic amines) is 1. The minimum absolute atomic E-state index is 0.0788. The zero-order valence-corrected chi connectivity index (χ0v) is 12.2. The highest BCUT2D eigenvalue weighted by molar-refractivity contribution is 6.31. The summed E-state index contributed by atoms with van der Waals surface area (Å²) in [6.07, 6.45) is 1.54. The van der Waals surface area contributed by atoms with E-state index in [1.165, 1.54) is 6.07 Å². The molecule has 6 heteroatoms. The van der Waals surface area contributed by atoms with E-state index < -0.39 is 0 Å². The van der Waals surface area contributed by atoms with Crippen molar-refractivity contribution in [2.45, 2.75) is 32.4 Å². The molecular weight excluding hydrogens is 280 g/mol. The Morgan fingerprint density at radius 3 is 2.70 bits per heavy atom. The van der Waals surface area contributed by atoms with Crippen LogP contribution in [0.25, 0.3) is 0 Å². The van der Waals surface area contributed by atoms with E-state index in [0.717, 1.165) is 25.9 Å². The van der Waals surface area contributed by atoms with Crippen LogP contribution in [0.5, 0.6) is 0 Å². The molecule has 0 aromatic heterocycles. The lowest BCUT2D eigenvalue weighted by Crippen LogP contribution is -2.36. The van der Waals surface area contributed by atoms with Gasteiger partial charge in [0.25, 0.3) is 5.69 Å². The van der Waals surface area contributed by atoms with Gasteiger partial charge in [0.05, 0.1) is 21.6 Å². The van der Waals surface area contributed by atoms with Crippen LogP contribution < -0.4 is 0 Å². The summed E-state index contributed by atoms with van der Waals surface area (Å²) in [5.74, 6) is 0.326. The van der Waals surface area contributed by atoms with Gasteiger partial charge in [-0.3, -0.25) is 15.0 Å². The monoisotopic (exact) mass is 298 g/mol. The van der Waals surface area contributed by atoms with Crippen molar-refractivity contribution in [1.29, 1.82) is 0 Å². The van der Waals surface area contributed by atoms with Crippen LogP contribution in [-0.4, -0.2) is 34.1 Å². The number of nitro benzene ring substituents is 1. The van der Waals surface area contributed by atoms with Crippen molar-refractivity contribution in [3.05, 3.63) is 38.9 Å². The normalized spacial score (nSPS) is 18.9. The Balaban J connectivity index is 2.06. The van der Waals surface area contributed by atoms with Crippen molar-refractivity contribution >= 4 is 17.3 Å². The lowest BCUT2D eigenvalue weighted by Gasteiger charge is -2.33. The highest BCUT2D eigenvalue weighted by Crippen LogP contribution is 2.29. The predicted molar refractivity (Wildman–Crippen MR) is 77.8 cm³/mol. The number of nitrogens with zero attached hydrogens (tertiary/aromatic N) is 2. The fraction of sp³-hybridized carbons (Fsp3) is 0.571. The molecule has 1 saturated heterocycles. The molecular formula is C14H19ClN2O3. The standard InChI is InChI=1S/C14H19ClN2O3/c1-10(18)11-5-7-16(8-6-11)9-12-13(15)3-2-4-14(12)17(19)20/h2-4,10-11,18H,5-9H2,1H3. The van der Waals surface area contributed by atoms with Gasteiger partial charge in [-0.25, -0.2) is 0 Å². The van der Waals surface area contributed by atoms with Crippen molar-refractivity contribution in [2.24, 2.45) is 5.92 Å². The predicted octanol–water partition coefficient (Wildman–Crippen LogP) is 2.84. The number of halogens is 1. The number of aliphatic hydroxyl groups excluding tert-OH is 1. The molecule has 1 atom stereocenters. The molecule has 1 aromatic rings. The minimum Gasteiger partial charge on any atom is -0.393 e. The molecule has 1 N–H and O–H groups in total. The van der Waals surface area contributed by atoms with Crippen LogP contribution >= 0.6 is 11.6 Å². The lowest BCUT2D eigenvalue weighted by atomic mass is 9.92. The first kappa shape index (κ1) is 15.2. The van der Waals surface area contributed by atoms with Crippen LogP contribution in [-0.2, 0) is 6.54 Å². The molecule has 1 fully saturated rings. The van der Waals surface area contributed by atoms with Crippen LogP contribution in [0.3, 0.4) is 0 Å². The van der Waals surface area contributed by atoms with Crippen molar-refractivity contribution in [3.63, 3.8) is 0 Å². The SMILES string of the molecule is CC(O)C1CCN(Cc2c(Cl)cccc2[N+](=O)[O-])CC1. The second-order valence-corrected chi connectivity index (χ2v) is 5.76. The van der Waals surface area contributed by atoms with E-state index >= 15 is 0 Å². The van der Waals surface area contributed by atoms with E-state index in [0.29, 0.717) is 23.0 Å². The van der Waals surface area contributed by atoms with E-state index in [1.54, 1.807) is 12.1 Å². The molecule has 5 nitrogen and oxygen atoms in total. The summed E-state index contributed by atoms with van der Waals surface area (Å²) in [4.78, 5) is 12.8. The van der Waals surface area contributed by atoms with E-state index in [-0.39, 0.29) is 16.7 Å². The molecule has 0 spiro atoms. The zero-order valence-electron chi connectivity index (χ0n) is 11.5. The van der Waals surface area contributed by atoms with Gasteiger partial charge < -0.3 is 5.11 Å². The second-order valence-electron chi connectivity index (χ2n) is 5.35. The van der Waals surface area contributed by atoms with Crippen LogP contribution in [0.4, 0.5) is 5.69 Å². The first-order valence-corrected chi connectivity index (χ1v) is 7.19. The molecule has 0 saturated carbocycles. The Morgan fingerprint density at radius 1 is 1.50 bits per heavy atom. The number of hydrogen-bond acceptors (Lipinski definition) is 4. The number of benzene rings is 1. The fourth-order valence-corrected chi connectivity index (χ4v) is 2.92. The summed E-state index contributed by atoms with van der Waals surface area (Å²) in [6.45, 7) is 3.97. The molecule has 110 valence electrons. The molecule has 0 aliphatic carbocycles. The molecule has 1 heterocycles. The van der Waals surface area contributed by atoms with Gasteiger partial charge in [0.2, 0.25) is 0 Å². The molecule has 1 aliphatic rings. The van der Waals surface area contributed by atoms with Gasteiger partial charge in [0, 0.05) is 12.6 Å². The Labute approximate surface area is 123 Å². The van der Waals surface area contributed by atoms with Crippen molar-refractivity contribution in [2.75, 3.05) is 13.1 Å². The third-order valence-corrected chi connectivity index (χ3v) is 4.34. The first-order valence-electron chi connectivity index (χ1n) is 6.81. The van der Waals surface area contributed by atoms with Gasteiger partial charge >= 0.3 is 0 Å². The molecule has 1 unspecified atom stereocenters. The summed E-state index contributed by atoms with van der Waals surface area (Å²) >= 11 is 6.10. The maximum absolute atomic E-state index is 11.1. The smallest absolute Gasteiger partial charge is 0.275 e. The number of nitro groups is 1. The Hall–Kier alpha value is -1.17. The van der Waals surface area contributed by atoms with Gasteiger partial charge in [0.15, 0.2) is 0 Å². The van der Waals surface area contributed by atoms with Gasteiger partial charge in [-0.05, 0) is 44.8 Å². The molecule has 0 bridgehead atoms. The summed E-state index contributed by atoms with van der Waals surface area (Å²) in [5, 5.41) is 21.1. The summed E-state index contributed by atoms with van der Waals surface area (Å²) in [7, 11) is 0. The number of hydrogen-bond donors (Lipinski definition) is 1. The fourth-order valence-electron chi connectivity index (χ4n) is 2.69. The van der Waals surface area contributed by atoms with Gasteiger partial charge in [-0.15, -0.1) is 0 Å². The van der Waals surface area contributed by atoms with Crippen LogP contribution in [0.1, 0.15) is 25.3 Å². The topological polar surface area (TPSA) is 66.6 Å². The lowest BCUT2D eigenvalue weighted by molar-refractivity contribution is -0.385. The van der Waals surface area contributed by atoms with E-state index in [2.05, 4.69) is 4.90 Å². The van der Waals surface area contributed by atoms with Crippen LogP contribution in [0.15, 0.2) is 18.2 Å². The average molecular weight is 299 g/mol. The molecule has 1 aliphatic heterocycles. The Kier molecular flexibility index (Phi) is 4.96. The molecule has 1 aromatic carbocycles. The molecule has 0 amide bonds. The number of rotatable bonds is 4. The molecule has 20 heavy (non-hydrogen) atoms.